The number of aromatic nitrogens is 2. The van der Waals surface area contributed by atoms with E-state index in [1.54, 1.807) is 41.9 Å². The van der Waals surface area contributed by atoms with Crippen molar-refractivity contribution in [1.29, 1.82) is 0 Å². The predicted octanol–water partition coefficient (Wildman–Crippen LogP) is 4.50. The van der Waals surface area contributed by atoms with Crippen molar-refractivity contribution in [2.45, 2.75) is 43.4 Å². The maximum Gasteiger partial charge on any atom is 0.237 e. The minimum absolute atomic E-state index is 0.00729. The van der Waals surface area contributed by atoms with Crippen molar-refractivity contribution in [3.8, 4) is 0 Å². The third kappa shape index (κ3) is 3.61. The minimum atomic E-state index is -0.299. The summed E-state index contributed by atoms with van der Waals surface area (Å²) < 4.78 is 0. The Balaban J connectivity index is 1.50. The molecule has 1 amide bonds. The first-order valence-corrected chi connectivity index (χ1v) is 10.6. The number of rotatable bonds is 5. The zero-order chi connectivity index (χ0) is 19.0. The standard InChI is InChI=1S/C20H19N3O2S2/c1-11(24)13-6-8-14(9-7-13)23-18(25)12(2)26-19-17-15-4-3-5-16(15)27-20(17)22-10-21-19/h6-10,12H,3-5H2,1-2H3,(H,23,25)/t12-/m1/s1. The number of hydrogen-bond acceptors (Lipinski definition) is 6. The second-order valence-corrected chi connectivity index (χ2v) is 9.01. The van der Waals surface area contributed by atoms with Gasteiger partial charge in [0.05, 0.1) is 5.25 Å². The summed E-state index contributed by atoms with van der Waals surface area (Å²) >= 11 is 3.22. The van der Waals surface area contributed by atoms with E-state index in [2.05, 4.69) is 15.3 Å². The number of nitrogens with zero attached hydrogens (tertiary/aromatic N) is 2. The highest BCUT2D eigenvalue weighted by atomic mass is 32.2. The van der Waals surface area contributed by atoms with Crippen LogP contribution in [0.4, 0.5) is 5.69 Å². The maximum atomic E-state index is 12.6. The number of nitrogens with one attached hydrogen (secondary N) is 1. The van der Waals surface area contributed by atoms with Crippen LogP contribution in [0.3, 0.4) is 0 Å². The summed E-state index contributed by atoms with van der Waals surface area (Å²) in [5.74, 6) is -0.0814. The van der Waals surface area contributed by atoms with E-state index < -0.39 is 0 Å². The summed E-state index contributed by atoms with van der Waals surface area (Å²) in [5, 5.41) is 4.63. The van der Waals surface area contributed by atoms with Crippen LogP contribution in [0.2, 0.25) is 0 Å². The molecule has 0 spiro atoms. The Morgan fingerprint density at radius 3 is 2.70 bits per heavy atom. The number of benzene rings is 1. The molecule has 2 aromatic heterocycles. The number of fused-ring (bicyclic) bond motifs is 3. The topological polar surface area (TPSA) is 72.0 Å². The molecule has 138 valence electrons. The molecular formula is C20H19N3O2S2. The van der Waals surface area contributed by atoms with E-state index in [0.717, 1.165) is 28.1 Å². The molecule has 1 aliphatic rings. The van der Waals surface area contributed by atoms with Gasteiger partial charge in [-0.1, -0.05) is 11.8 Å². The fraction of sp³-hybridized carbons (Fsp3) is 0.300. The lowest BCUT2D eigenvalue weighted by atomic mass is 10.1. The third-order valence-corrected chi connectivity index (χ3v) is 6.98. The Hall–Kier alpha value is -2.25. The summed E-state index contributed by atoms with van der Waals surface area (Å²) in [5.41, 5.74) is 2.68. The molecule has 4 rings (SSSR count). The lowest BCUT2D eigenvalue weighted by molar-refractivity contribution is -0.115. The lowest BCUT2D eigenvalue weighted by Crippen LogP contribution is -2.22. The number of thiophene rings is 1. The summed E-state index contributed by atoms with van der Waals surface area (Å²) in [4.78, 5) is 35.3. The van der Waals surface area contributed by atoms with Gasteiger partial charge in [0.1, 0.15) is 16.2 Å². The van der Waals surface area contributed by atoms with Gasteiger partial charge >= 0.3 is 0 Å². The van der Waals surface area contributed by atoms with Crippen molar-refractivity contribution >= 4 is 50.7 Å². The average molecular weight is 398 g/mol. The number of thioether (sulfide) groups is 1. The van der Waals surface area contributed by atoms with E-state index >= 15 is 0 Å². The Morgan fingerprint density at radius 2 is 1.96 bits per heavy atom. The van der Waals surface area contributed by atoms with Crippen molar-refractivity contribution in [2.75, 3.05) is 5.32 Å². The van der Waals surface area contributed by atoms with E-state index in [1.807, 2.05) is 6.92 Å². The molecule has 0 unspecified atom stereocenters. The van der Waals surface area contributed by atoms with Crippen LogP contribution in [0.15, 0.2) is 35.6 Å². The van der Waals surface area contributed by atoms with E-state index in [9.17, 15) is 9.59 Å². The lowest BCUT2D eigenvalue weighted by Gasteiger charge is -2.12. The summed E-state index contributed by atoms with van der Waals surface area (Å²) in [6.07, 6.45) is 4.95. The van der Waals surface area contributed by atoms with Gasteiger partial charge in [0.25, 0.3) is 0 Å². The van der Waals surface area contributed by atoms with Gasteiger partial charge in [-0.25, -0.2) is 9.97 Å². The Labute approximate surface area is 165 Å². The van der Waals surface area contributed by atoms with Crippen LogP contribution in [0.25, 0.3) is 10.2 Å². The highest BCUT2D eigenvalue weighted by Crippen LogP contribution is 2.40. The van der Waals surface area contributed by atoms with Crippen LogP contribution in [0.1, 0.15) is 41.1 Å². The fourth-order valence-corrected chi connectivity index (χ4v) is 5.48. The first-order chi connectivity index (χ1) is 13.0. The molecule has 7 heteroatoms. The molecule has 0 radical (unpaired) electrons. The normalized spacial score (nSPS) is 14.1. The number of ketones is 1. The van der Waals surface area contributed by atoms with Crippen LogP contribution >= 0.6 is 23.1 Å². The number of Topliss-reactive ketones (excluding diaryl/α,β-unsaturated/α-hetero) is 1. The molecule has 0 saturated carbocycles. The summed E-state index contributed by atoms with van der Waals surface area (Å²) in [7, 11) is 0. The Kier molecular flexibility index (Phi) is 4.97. The van der Waals surface area contributed by atoms with Gasteiger partial charge in [0.2, 0.25) is 5.91 Å². The van der Waals surface area contributed by atoms with Gasteiger partial charge in [-0.3, -0.25) is 9.59 Å². The summed E-state index contributed by atoms with van der Waals surface area (Å²) in [6.45, 7) is 3.40. The van der Waals surface area contributed by atoms with Gasteiger partial charge < -0.3 is 5.32 Å². The van der Waals surface area contributed by atoms with Crippen molar-refractivity contribution < 1.29 is 9.59 Å². The Bertz CT molecular complexity index is 1030. The number of aryl methyl sites for hydroxylation is 2. The smallest absolute Gasteiger partial charge is 0.237 e. The van der Waals surface area contributed by atoms with Gasteiger partial charge in [0.15, 0.2) is 5.78 Å². The molecule has 5 nitrogen and oxygen atoms in total. The van der Waals surface area contributed by atoms with E-state index in [-0.39, 0.29) is 16.9 Å². The molecule has 1 atom stereocenters. The Morgan fingerprint density at radius 1 is 1.19 bits per heavy atom. The van der Waals surface area contributed by atoms with Crippen LogP contribution < -0.4 is 5.32 Å². The van der Waals surface area contributed by atoms with Gasteiger partial charge in [0, 0.05) is 21.5 Å². The zero-order valence-corrected chi connectivity index (χ0v) is 16.7. The number of carbonyl (C=O) groups excluding carboxylic acids is 2. The van der Waals surface area contributed by atoms with E-state index in [1.165, 1.54) is 35.5 Å². The van der Waals surface area contributed by atoms with Gasteiger partial charge in [-0.2, -0.15) is 0 Å². The molecule has 1 N–H and O–H groups in total. The second-order valence-electron chi connectivity index (χ2n) is 6.60. The zero-order valence-electron chi connectivity index (χ0n) is 15.1. The molecule has 1 aliphatic carbocycles. The van der Waals surface area contributed by atoms with E-state index in [4.69, 9.17) is 0 Å². The third-order valence-electron chi connectivity index (χ3n) is 4.68. The van der Waals surface area contributed by atoms with Crippen molar-refractivity contribution in [1.82, 2.24) is 9.97 Å². The SMILES string of the molecule is CC(=O)c1ccc(NC(=O)[C@@H](C)Sc2ncnc3sc4c(c23)CCC4)cc1. The van der Waals surface area contributed by atoms with Gasteiger partial charge in [-0.15, -0.1) is 11.3 Å². The van der Waals surface area contributed by atoms with Crippen molar-refractivity contribution in [2.24, 2.45) is 0 Å². The highest BCUT2D eigenvalue weighted by Gasteiger charge is 2.24. The number of carbonyl (C=O) groups is 2. The molecule has 0 fully saturated rings. The second kappa shape index (κ2) is 7.40. The monoisotopic (exact) mass is 397 g/mol. The molecule has 0 bridgehead atoms. The molecule has 2 heterocycles. The molecule has 0 aliphatic heterocycles. The molecule has 27 heavy (non-hydrogen) atoms. The first-order valence-electron chi connectivity index (χ1n) is 8.86. The quantitative estimate of drug-likeness (QED) is 0.390. The molecule has 0 saturated heterocycles. The van der Waals surface area contributed by atoms with Gasteiger partial charge in [-0.05, 0) is 62.9 Å². The molecule has 3 aromatic rings. The number of hydrogen-bond donors (Lipinski definition) is 1. The first kappa shape index (κ1) is 18.1. The van der Waals surface area contributed by atoms with Crippen molar-refractivity contribution in [3.63, 3.8) is 0 Å². The van der Waals surface area contributed by atoms with Crippen molar-refractivity contribution in [3.05, 3.63) is 46.6 Å². The maximum absolute atomic E-state index is 12.6. The number of anilines is 1. The van der Waals surface area contributed by atoms with Crippen LogP contribution in [0, 0.1) is 0 Å². The highest BCUT2D eigenvalue weighted by molar-refractivity contribution is 8.00. The van der Waals surface area contributed by atoms with Crippen LogP contribution in [-0.4, -0.2) is 26.9 Å². The van der Waals surface area contributed by atoms with E-state index in [0.29, 0.717) is 11.3 Å². The summed E-state index contributed by atoms with van der Waals surface area (Å²) in [6, 6.07) is 6.94. The largest absolute Gasteiger partial charge is 0.325 e. The molecular weight excluding hydrogens is 378 g/mol. The van der Waals surface area contributed by atoms with Crippen LogP contribution in [-0.2, 0) is 17.6 Å². The van der Waals surface area contributed by atoms with Crippen LogP contribution in [0.5, 0.6) is 0 Å². The fourth-order valence-electron chi connectivity index (χ4n) is 3.24. The predicted molar refractivity (Wildman–Crippen MR) is 110 cm³/mol. The number of amides is 1. The average Bonchev–Trinajstić information content (AvgIpc) is 3.23. The minimum Gasteiger partial charge on any atom is -0.325 e. The molecule has 1 aromatic carbocycles.